The Bertz CT molecular complexity index is 37.1. The second-order valence-electron chi connectivity index (χ2n) is 2.24. The molecule has 0 bridgehead atoms. The highest BCUT2D eigenvalue weighted by Gasteiger charge is 1.91. The first-order valence-corrected chi connectivity index (χ1v) is 4.43. The molecule has 0 heterocycles. The summed E-state index contributed by atoms with van der Waals surface area (Å²) >= 11 is 0. The van der Waals surface area contributed by atoms with E-state index < -0.39 is 9.76 Å². The van der Waals surface area contributed by atoms with Crippen molar-refractivity contribution in [3.63, 3.8) is 0 Å². The summed E-state index contributed by atoms with van der Waals surface area (Å²) < 4.78 is 0. The van der Waals surface area contributed by atoms with Crippen LogP contribution < -0.4 is 0 Å². The van der Waals surface area contributed by atoms with Crippen LogP contribution in [0.15, 0.2) is 0 Å². The maximum absolute atomic E-state index is 9.97. The van der Waals surface area contributed by atoms with E-state index in [1.165, 1.54) is 0 Å². The molecule has 0 aliphatic rings. The molecule has 2 heteroatoms. The van der Waals surface area contributed by atoms with Crippen molar-refractivity contribution in [1.82, 2.24) is 0 Å². The lowest BCUT2D eigenvalue weighted by Gasteiger charge is -1.97. The van der Waals surface area contributed by atoms with E-state index in [1.54, 1.807) is 0 Å². The second kappa shape index (κ2) is 4.34. The standard InChI is InChI=1S/C5H13OSi/c1-5(2)3-4-7-6/h5H,3-4,7H2,1-2H3. The highest BCUT2D eigenvalue weighted by Crippen LogP contribution is 2.01. The van der Waals surface area contributed by atoms with Gasteiger partial charge < -0.3 is 4.80 Å². The minimum absolute atomic E-state index is 0.737. The molecule has 0 fully saturated rings. The molecule has 0 aromatic carbocycles. The van der Waals surface area contributed by atoms with Crippen LogP contribution in [-0.4, -0.2) is 9.76 Å². The van der Waals surface area contributed by atoms with Gasteiger partial charge in [-0.2, -0.15) is 0 Å². The Kier molecular flexibility index (Phi) is 4.45. The molecule has 0 saturated carbocycles. The van der Waals surface area contributed by atoms with Crippen LogP contribution in [0.5, 0.6) is 0 Å². The molecule has 0 aliphatic heterocycles. The van der Waals surface area contributed by atoms with Crippen molar-refractivity contribution in [2.75, 3.05) is 0 Å². The lowest BCUT2D eigenvalue weighted by molar-refractivity contribution is 0.464. The monoisotopic (exact) mass is 117 g/mol. The van der Waals surface area contributed by atoms with Gasteiger partial charge in [0.2, 0.25) is 9.76 Å². The van der Waals surface area contributed by atoms with Gasteiger partial charge in [-0.1, -0.05) is 20.3 Å². The molecule has 0 rings (SSSR count). The molecule has 1 radical (unpaired) electrons. The first kappa shape index (κ1) is 7.18. The Labute approximate surface area is 47.7 Å². The van der Waals surface area contributed by atoms with Gasteiger partial charge >= 0.3 is 0 Å². The normalized spacial score (nSPS) is 12.0. The van der Waals surface area contributed by atoms with Crippen molar-refractivity contribution in [3.8, 4) is 0 Å². The Morgan fingerprint density at radius 3 is 2.29 bits per heavy atom. The van der Waals surface area contributed by atoms with Crippen LogP contribution in [0.1, 0.15) is 20.3 Å². The smallest absolute Gasteiger partial charge is 0.207 e. The van der Waals surface area contributed by atoms with Gasteiger partial charge in [0.15, 0.2) is 0 Å². The first-order chi connectivity index (χ1) is 3.27. The zero-order valence-corrected chi connectivity index (χ0v) is 6.52. The highest BCUT2D eigenvalue weighted by atomic mass is 28.2. The molecular formula is C5H13OSi. The van der Waals surface area contributed by atoms with Gasteiger partial charge in [0, 0.05) is 0 Å². The quantitative estimate of drug-likeness (QED) is 0.491. The van der Waals surface area contributed by atoms with Crippen LogP contribution in [0.3, 0.4) is 0 Å². The van der Waals surface area contributed by atoms with E-state index in [0.717, 1.165) is 18.4 Å². The summed E-state index contributed by atoms with van der Waals surface area (Å²) in [5, 5.41) is 0. The number of rotatable bonds is 3. The summed E-state index contributed by atoms with van der Waals surface area (Å²) in [6.07, 6.45) is 1.15. The second-order valence-corrected chi connectivity index (χ2v) is 3.36. The minimum Gasteiger partial charge on any atom is -0.306 e. The number of hydrogen-bond acceptors (Lipinski definition) is 0. The summed E-state index contributed by atoms with van der Waals surface area (Å²) in [4.78, 5) is 9.97. The average molecular weight is 117 g/mol. The molecule has 0 N–H and O–H groups in total. The Morgan fingerprint density at radius 2 is 2.14 bits per heavy atom. The van der Waals surface area contributed by atoms with Gasteiger partial charge in [-0.3, -0.25) is 0 Å². The highest BCUT2D eigenvalue weighted by molar-refractivity contribution is 6.24. The van der Waals surface area contributed by atoms with Crippen LogP contribution in [0, 0.1) is 5.92 Å². The average Bonchev–Trinajstić information content (AvgIpc) is 1.61. The molecule has 0 aromatic heterocycles. The molecular weight excluding hydrogens is 104 g/mol. The fraction of sp³-hybridized carbons (Fsp3) is 1.00. The molecule has 1 nitrogen and oxygen atoms in total. The fourth-order valence-corrected chi connectivity index (χ4v) is 1.47. The van der Waals surface area contributed by atoms with Crippen molar-refractivity contribution in [3.05, 3.63) is 0 Å². The van der Waals surface area contributed by atoms with E-state index in [-0.39, 0.29) is 0 Å². The van der Waals surface area contributed by atoms with E-state index >= 15 is 0 Å². The lowest BCUT2D eigenvalue weighted by atomic mass is 10.2. The molecule has 7 heavy (non-hydrogen) atoms. The van der Waals surface area contributed by atoms with Crippen LogP contribution in [-0.2, 0) is 4.80 Å². The van der Waals surface area contributed by atoms with E-state index in [0.29, 0.717) is 0 Å². The van der Waals surface area contributed by atoms with Crippen molar-refractivity contribution >= 4 is 9.76 Å². The van der Waals surface area contributed by atoms with Gasteiger partial charge in [-0.15, -0.1) is 0 Å². The number of hydrogen-bond donors (Lipinski definition) is 0. The molecule has 0 atom stereocenters. The third-order valence-corrected chi connectivity index (χ3v) is 1.62. The summed E-state index contributed by atoms with van der Waals surface area (Å²) in [6, 6.07) is 0.984. The van der Waals surface area contributed by atoms with Crippen molar-refractivity contribution in [2.24, 2.45) is 5.92 Å². The van der Waals surface area contributed by atoms with Gasteiger partial charge in [0.05, 0.1) is 0 Å². The molecule has 0 unspecified atom stereocenters. The van der Waals surface area contributed by atoms with Crippen LogP contribution in [0.4, 0.5) is 0 Å². The van der Waals surface area contributed by atoms with Gasteiger partial charge in [0.25, 0.3) is 0 Å². The third-order valence-electron chi connectivity index (χ3n) is 0.926. The Balaban J connectivity index is 2.68. The van der Waals surface area contributed by atoms with Crippen LogP contribution >= 0.6 is 0 Å². The lowest BCUT2D eigenvalue weighted by Crippen LogP contribution is -1.89. The van der Waals surface area contributed by atoms with Crippen molar-refractivity contribution in [2.45, 2.75) is 26.3 Å². The summed E-state index contributed by atoms with van der Waals surface area (Å²) in [7, 11) is -0.879. The van der Waals surface area contributed by atoms with E-state index in [1.807, 2.05) is 0 Å². The predicted octanol–water partition coefficient (Wildman–Crippen LogP) is 0.965. The summed E-state index contributed by atoms with van der Waals surface area (Å²) in [6.45, 7) is 4.31. The molecule has 43 valence electrons. The van der Waals surface area contributed by atoms with E-state index in [9.17, 15) is 4.80 Å². The minimum atomic E-state index is -0.879. The predicted molar refractivity (Wildman–Crippen MR) is 33.5 cm³/mol. The fourth-order valence-electron chi connectivity index (χ4n) is 0.492. The molecule has 0 aliphatic carbocycles. The zero-order chi connectivity index (χ0) is 5.70. The Hall–Kier alpha value is 0.177. The van der Waals surface area contributed by atoms with Gasteiger partial charge in [-0.05, 0) is 12.0 Å². The zero-order valence-electron chi connectivity index (χ0n) is 5.11. The van der Waals surface area contributed by atoms with Crippen LogP contribution in [0.25, 0.3) is 0 Å². The maximum atomic E-state index is 9.97. The molecule has 0 aromatic rings. The largest absolute Gasteiger partial charge is 0.306 e. The van der Waals surface area contributed by atoms with Gasteiger partial charge in [-0.25, -0.2) is 0 Å². The van der Waals surface area contributed by atoms with Gasteiger partial charge in [0.1, 0.15) is 0 Å². The van der Waals surface area contributed by atoms with Crippen molar-refractivity contribution in [1.29, 1.82) is 0 Å². The van der Waals surface area contributed by atoms with E-state index in [4.69, 9.17) is 0 Å². The van der Waals surface area contributed by atoms with Crippen molar-refractivity contribution < 1.29 is 4.80 Å². The first-order valence-electron chi connectivity index (χ1n) is 2.85. The third kappa shape index (κ3) is 6.18. The molecule has 0 saturated heterocycles. The SMILES string of the molecule is CC(C)CC[SiH2][O]. The molecule has 0 spiro atoms. The van der Waals surface area contributed by atoms with E-state index in [2.05, 4.69) is 13.8 Å². The van der Waals surface area contributed by atoms with Crippen LogP contribution in [0.2, 0.25) is 6.04 Å². The summed E-state index contributed by atoms with van der Waals surface area (Å²) in [5.74, 6) is 0.737. The Morgan fingerprint density at radius 1 is 1.57 bits per heavy atom. The topological polar surface area (TPSA) is 19.9 Å². The molecule has 0 amide bonds. The maximum Gasteiger partial charge on any atom is 0.207 e. The summed E-state index contributed by atoms with van der Waals surface area (Å²) in [5.41, 5.74) is 0.